The highest BCUT2D eigenvalue weighted by molar-refractivity contribution is 4.76. The van der Waals surface area contributed by atoms with Crippen molar-refractivity contribution in [1.29, 1.82) is 5.26 Å². The molecule has 0 bridgehead atoms. The predicted octanol–water partition coefficient (Wildman–Crippen LogP) is -0.222. The number of nitrogens with zero attached hydrogens (tertiary/aromatic N) is 2. The zero-order valence-corrected chi connectivity index (χ0v) is 7.42. The number of nitriles is 1. The number of ether oxygens (including phenoxy) is 1. The summed E-state index contributed by atoms with van der Waals surface area (Å²) in [4.78, 5) is 2.33. The van der Waals surface area contributed by atoms with Crippen molar-refractivity contribution >= 4 is 0 Å². The zero-order valence-electron chi connectivity index (χ0n) is 7.42. The fourth-order valence-corrected chi connectivity index (χ4v) is 1.35. The van der Waals surface area contributed by atoms with Crippen molar-refractivity contribution in [2.24, 2.45) is 0 Å². The first-order valence-electron chi connectivity index (χ1n) is 4.32. The van der Waals surface area contributed by atoms with E-state index in [1.54, 1.807) is 0 Å². The molecule has 0 aromatic heterocycles. The minimum absolute atomic E-state index is 0.179. The number of morpholine rings is 1. The molecule has 4 nitrogen and oxygen atoms in total. The quantitative estimate of drug-likeness (QED) is 0.468. The maximum atomic E-state index is 8.29. The fourth-order valence-electron chi connectivity index (χ4n) is 1.35. The van der Waals surface area contributed by atoms with Gasteiger partial charge in [-0.3, -0.25) is 4.90 Å². The van der Waals surface area contributed by atoms with Crippen molar-refractivity contribution in [2.45, 2.75) is 13.0 Å². The minimum Gasteiger partial charge on any atom is -0.374 e. The second kappa shape index (κ2) is 4.96. The third kappa shape index (κ3) is 2.68. The van der Waals surface area contributed by atoms with E-state index in [0.29, 0.717) is 6.54 Å². The molecule has 4 heteroatoms. The number of likely N-dealkylation sites (N-methyl/N-ethyl adjacent to an activating group) is 1. The van der Waals surface area contributed by atoms with Crippen LogP contribution in [0.15, 0.2) is 0 Å². The number of rotatable bonds is 3. The summed E-state index contributed by atoms with van der Waals surface area (Å²) in [5.41, 5.74) is 0. The van der Waals surface area contributed by atoms with Gasteiger partial charge in [-0.05, 0) is 6.54 Å². The lowest BCUT2D eigenvalue weighted by Gasteiger charge is -2.31. The molecule has 1 unspecified atom stereocenters. The van der Waals surface area contributed by atoms with Crippen LogP contribution in [0.3, 0.4) is 0 Å². The van der Waals surface area contributed by atoms with Gasteiger partial charge in [0.2, 0.25) is 0 Å². The van der Waals surface area contributed by atoms with Gasteiger partial charge in [0, 0.05) is 13.1 Å². The SMILES string of the molecule is CCN1CCOC(CNC#N)C1. The topological polar surface area (TPSA) is 48.3 Å². The lowest BCUT2D eigenvalue weighted by molar-refractivity contribution is -0.0236. The molecule has 0 amide bonds. The Bertz CT molecular complexity index is 166. The summed E-state index contributed by atoms with van der Waals surface area (Å²) < 4.78 is 5.46. The van der Waals surface area contributed by atoms with Crippen LogP contribution in [0.4, 0.5) is 0 Å². The van der Waals surface area contributed by atoms with Gasteiger partial charge in [0.1, 0.15) is 0 Å². The van der Waals surface area contributed by atoms with E-state index in [4.69, 9.17) is 10.00 Å². The fraction of sp³-hybridized carbons (Fsp3) is 0.875. The molecule has 0 aliphatic carbocycles. The molecule has 0 spiro atoms. The number of nitrogens with one attached hydrogen (secondary N) is 1. The number of hydrogen-bond acceptors (Lipinski definition) is 4. The average molecular weight is 169 g/mol. The maximum Gasteiger partial charge on any atom is 0.176 e. The molecule has 1 aliphatic rings. The summed E-state index contributed by atoms with van der Waals surface area (Å²) in [6.45, 7) is 6.57. The van der Waals surface area contributed by atoms with Crippen molar-refractivity contribution in [2.75, 3.05) is 32.8 Å². The lowest BCUT2D eigenvalue weighted by Crippen LogP contribution is -2.45. The van der Waals surface area contributed by atoms with Gasteiger partial charge in [-0.2, -0.15) is 5.26 Å². The van der Waals surface area contributed by atoms with E-state index in [1.807, 2.05) is 6.19 Å². The van der Waals surface area contributed by atoms with Crippen LogP contribution >= 0.6 is 0 Å². The van der Waals surface area contributed by atoms with Gasteiger partial charge in [0.05, 0.1) is 19.3 Å². The minimum atomic E-state index is 0.179. The molecule has 1 fully saturated rings. The van der Waals surface area contributed by atoms with E-state index in [9.17, 15) is 0 Å². The molecule has 12 heavy (non-hydrogen) atoms. The van der Waals surface area contributed by atoms with Crippen LogP contribution in [-0.4, -0.2) is 43.8 Å². The molecule has 0 aromatic rings. The second-order valence-corrected chi connectivity index (χ2v) is 2.88. The Kier molecular flexibility index (Phi) is 3.85. The highest BCUT2D eigenvalue weighted by Crippen LogP contribution is 2.03. The third-order valence-electron chi connectivity index (χ3n) is 2.08. The molecular weight excluding hydrogens is 154 g/mol. The molecule has 1 aliphatic heterocycles. The molecule has 68 valence electrons. The molecule has 1 rings (SSSR count). The molecular formula is C8H15N3O. The smallest absolute Gasteiger partial charge is 0.176 e. The summed E-state index contributed by atoms with van der Waals surface area (Å²) in [5.74, 6) is 0. The standard InChI is InChI=1S/C8H15N3O/c1-2-11-3-4-12-8(6-11)5-10-7-9/h8,10H,2-6H2,1H3. The second-order valence-electron chi connectivity index (χ2n) is 2.88. The maximum absolute atomic E-state index is 8.29. The van der Waals surface area contributed by atoms with Gasteiger partial charge in [0.15, 0.2) is 6.19 Å². The Morgan fingerprint density at radius 3 is 3.25 bits per heavy atom. The predicted molar refractivity (Wildman–Crippen MR) is 45.5 cm³/mol. The Balaban J connectivity index is 2.22. The van der Waals surface area contributed by atoms with Crippen molar-refractivity contribution in [1.82, 2.24) is 10.2 Å². The summed E-state index contributed by atoms with van der Waals surface area (Å²) in [7, 11) is 0. The highest BCUT2D eigenvalue weighted by Gasteiger charge is 2.18. The Morgan fingerprint density at radius 2 is 2.58 bits per heavy atom. The Labute approximate surface area is 73.1 Å². The van der Waals surface area contributed by atoms with Crippen LogP contribution in [0.5, 0.6) is 0 Å². The van der Waals surface area contributed by atoms with Gasteiger partial charge in [-0.1, -0.05) is 6.92 Å². The van der Waals surface area contributed by atoms with E-state index in [0.717, 1.165) is 26.2 Å². The molecule has 0 saturated carbocycles. The van der Waals surface area contributed by atoms with E-state index < -0.39 is 0 Å². The van der Waals surface area contributed by atoms with Crippen LogP contribution in [-0.2, 0) is 4.74 Å². The molecule has 0 radical (unpaired) electrons. The van der Waals surface area contributed by atoms with Gasteiger partial charge < -0.3 is 10.1 Å². The van der Waals surface area contributed by atoms with Gasteiger partial charge >= 0.3 is 0 Å². The lowest BCUT2D eigenvalue weighted by atomic mass is 10.2. The first-order chi connectivity index (χ1) is 5.86. The number of hydrogen-bond donors (Lipinski definition) is 1. The van der Waals surface area contributed by atoms with Crippen LogP contribution in [0.1, 0.15) is 6.92 Å². The van der Waals surface area contributed by atoms with Crippen LogP contribution in [0, 0.1) is 11.5 Å². The van der Waals surface area contributed by atoms with E-state index >= 15 is 0 Å². The van der Waals surface area contributed by atoms with Gasteiger partial charge in [-0.15, -0.1) is 0 Å². The van der Waals surface area contributed by atoms with Crippen LogP contribution < -0.4 is 5.32 Å². The van der Waals surface area contributed by atoms with E-state index in [1.165, 1.54) is 0 Å². The molecule has 1 heterocycles. The van der Waals surface area contributed by atoms with E-state index in [-0.39, 0.29) is 6.10 Å². The van der Waals surface area contributed by atoms with Crippen LogP contribution in [0.25, 0.3) is 0 Å². The zero-order chi connectivity index (χ0) is 8.81. The first-order valence-corrected chi connectivity index (χ1v) is 4.32. The Morgan fingerprint density at radius 1 is 1.75 bits per heavy atom. The summed E-state index contributed by atoms with van der Waals surface area (Å²) in [6, 6.07) is 0. The molecule has 0 aromatic carbocycles. The largest absolute Gasteiger partial charge is 0.374 e. The van der Waals surface area contributed by atoms with Gasteiger partial charge in [0.25, 0.3) is 0 Å². The monoisotopic (exact) mass is 169 g/mol. The van der Waals surface area contributed by atoms with Crippen molar-refractivity contribution in [3.05, 3.63) is 0 Å². The molecule has 1 N–H and O–H groups in total. The van der Waals surface area contributed by atoms with Crippen LogP contribution in [0.2, 0.25) is 0 Å². The first kappa shape index (κ1) is 9.30. The Hall–Kier alpha value is -0.790. The normalized spacial score (nSPS) is 24.8. The third-order valence-corrected chi connectivity index (χ3v) is 2.08. The summed E-state index contributed by atoms with van der Waals surface area (Å²) >= 11 is 0. The average Bonchev–Trinajstić information content (AvgIpc) is 2.15. The van der Waals surface area contributed by atoms with Crippen molar-refractivity contribution < 1.29 is 4.74 Å². The van der Waals surface area contributed by atoms with E-state index in [2.05, 4.69) is 17.1 Å². The molecule has 1 saturated heterocycles. The summed E-state index contributed by atoms with van der Waals surface area (Å²) in [5, 5.41) is 10.9. The van der Waals surface area contributed by atoms with Crippen molar-refractivity contribution in [3.8, 4) is 6.19 Å². The molecule has 1 atom stereocenters. The highest BCUT2D eigenvalue weighted by atomic mass is 16.5. The van der Waals surface area contributed by atoms with Gasteiger partial charge in [-0.25, -0.2) is 0 Å². The van der Waals surface area contributed by atoms with Crippen molar-refractivity contribution in [3.63, 3.8) is 0 Å². The summed E-state index contributed by atoms with van der Waals surface area (Å²) in [6.07, 6.45) is 2.08.